The van der Waals surface area contributed by atoms with Gasteiger partial charge in [-0.15, -0.1) is 0 Å². The Balaban J connectivity index is 2.00. The van der Waals surface area contributed by atoms with E-state index in [9.17, 15) is 0 Å². The molecule has 2 N–H and O–H groups in total. The van der Waals surface area contributed by atoms with Crippen molar-refractivity contribution < 1.29 is 0 Å². The van der Waals surface area contributed by atoms with Crippen LogP contribution in [0.4, 0.5) is 11.6 Å². The summed E-state index contributed by atoms with van der Waals surface area (Å²) in [4.78, 5) is 8.71. The third kappa shape index (κ3) is 3.75. The molecule has 1 heterocycles. The summed E-state index contributed by atoms with van der Waals surface area (Å²) < 4.78 is 0. The van der Waals surface area contributed by atoms with Crippen molar-refractivity contribution >= 4 is 23.4 Å². The van der Waals surface area contributed by atoms with Crippen LogP contribution in [0.25, 0.3) is 0 Å². The Bertz CT molecular complexity index is 410. The number of nitrogens with zero attached hydrogens (tertiary/aromatic N) is 2. The van der Waals surface area contributed by atoms with Gasteiger partial charge >= 0.3 is 0 Å². The molecule has 1 aromatic rings. The largest absolute Gasteiger partial charge is 0.370 e. The molecule has 1 aliphatic rings. The quantitative estimate of drug-likeness (QED) is 0.837. The highest BCUT2D eigenvalue weighted by molar-refractivity contribution is 7.99. The molecule has 0 spiro atoms. The monoisotopic (exact) mass is 280 g/mol. The molecular formula is C14H24N4S. The Kier molecular flexibility index (Phi) is 5.31. The van der Waals surface area contributed by atoms with Crippen LogP contribution < -0.4 is 10.6 Å². The summed E-state index contributed by atoms with van der Waals surface area (Å²) in [5.74, 6) is 1.94. The Hall–Kier alpha value is -0.970. The standard InChI is InChI=1S/C14H24N4S/c1-4-7-15-13-10(2)14(17-9-16-13)18-11-5-6-12(8-11)19-3/h9,11-12H,4-8H2,1-3H3,(H2,15,16,17,18). The smallest absolute Gasteiger partial charge is 0.134 e. The average molecular weight is 280 g/mol. The molecule has 0 saturated heterocycles. The summed E-state index contributed by atoms with van der Waals surface area (Å²) in [7, 11) is 0. The van der Waals surface area contributed by atoms with E-state index in [1.54, 1.807) is 6.33 Å². The van der Waals surface area contributed by atoms with Crippen LogP contribution in [0, 0.1) is 6.92 Å². The van der Waals surface area contributed by atoms with E-state index >= 15 is 0 Å². The predicted molar refractivity (Wildman–Crippen MR) is 84.1 cm³/mol. The average Bonchev–Trinajstić information content (AvgIpc) is 2.87. The Morgan fingerprint density at radius 2 is 2.11 bits per heavy atom. The van der Waals surface area contributed by atoms with E-state index in [-0.39, 0.29) is 0 Å². The van der Waals surface area contributed by atoms with Crippen LogP contribution in [-0.4, -0.2) is 34.1 Å². The fraction of sp³-hybridized carbons (Fsp3) is 0.714. The fourth-order valence-corrected chi connectivity index (χ4v) is 3.29. The number of anilines is 2. The van der Waals surface area contributed by atoms with Gasteiger partial charge in [-0.05, 0) is 38.9 Å². The van der Waals surface area contributed by atoms with Gasteiger partial charge in [0.1, 0.15) is 18.0 Å². The molecule has 19 heavy (non-hydrogen) atoms. The van der Waals surface area contributed by atoms with Crippen molar-refractivity contribution in [1.29, 1.82) is 0 Å². The van der Waals surface area contributed by atoms with Crippen molar-refractivity contribution in [2.24, 2.45) is 0 Å². The van der Waals surface area contributed by atoms with Gasteiger partial charge in [0.15, 0.2) is 0 Å². The maximum atomic E-state index is 4.39. The summed E-state index contributed by atoms with van der Waals surface area (Å²) >= 11 is 1.98. The van der Waals surface area contributed by atoms with Crippen molar-refractivity contribution in [3.63, 3.8) is 0 Å². The van der Waals surface area contributed by atoms with Crippen molar-refractivity contribution in [3.8, 4) is 0 Å². The topological polar surface area (TPSA) is 49.8 Å². The fourth-order valence-electron chi connectivity index (χ4n) is 2.50. The van der Waals surface area contributed by atoms with Gasteiger partial charge in [0.05, 0.1) is 0 Å². The van der Waals surface area contributed by atoms with Gasteiger partial charge in [-0.25, -0.2) is 9.97 Å². The van der Waals surface area contributed by atoms with Gasteiger partial charge in [0, 0.05) is 23.4 Å². The molecule has 1 saturated carbocycles. The summed E-state index contributed by atoms with van der Waals surface area (Å²) in [5.41, 5.74) is 1.13. The summed E-state index contributed by atoms with van der Waals surface area (Å²) in [5, 5.41) is 7.74. The highest BCUT2D eigenvalue weighted by atomic mass is 32.2. The first-order chi connectivity index (χ1) is 9.24. The maximum absolute atomic E-state index is 4.39. The second-order valence-corrected chi connectivity index (χ2v) is 6.27. The van der Waals surface area contributed by atoms with Crippen LogP contribution in [-0.2, 0) is 0 Å². The van der Waals surface area contributed by atoms with E-state index in [1.807, 2.05) is 11.8 Å². The van der Waals surface area contributed by atoms with E-state index in [2.05, 4.69) is 40.7 Å². The van der Waals surface area contributed by atoms with Crippen LogP contribution in [0.3, 0.4) is 0 Å². The predicted octanol–water partition coefficient (Wildman–Crippen LogP) is 3.30. The van der Waals surface area contributed by atoms with Gasteiger partial charge < -0.3 is 10.6 Å². The normalized spacial score (nSPS) is 22.5. The zero-order valence-electron chi connectivity index (χ0n) is 12.1. The maximum Gasteiger partial charge on any atom is 0.134 e. The van der Waals surface area contributed by atoms with Gasteiger partial charge in [0.25, 0.3) is 0 Å². The number of aromatic nitrogens is 2. The highest BCUT2D eigenvalue weighted by Gasteiger charge is 2.24. The van der Waals surface area contributed by atoms with E-state index in [1.165, 1.54) is 19.3 Å². The van der Waals surface area contributed by atoms with Crippen LogP contribution in [0.1, 0.15) is 38.2 Å². The van der Waals surface area contributed by atoms with Crippen LogP contribution >= 0.6 is 11.8 Å². The number of hydrogen-bond acceptors (Lipinski definition) is 5. The van der Waals surface area contributed by atoms with Crippen molar-refractivity contribution in [2.45, 2.75) is 50.8 Å². The second-order valence-electron chi connectivity index (χ2n) is 5.13. The van der Waals surface area contributed by atoms with E-state index in [0.29, 0.717) is 6.04 Å². The lowest BCUT2D eigenvalue weighted by Crippen LogP contribution is -2.18. The van der Waals surface area contributed by atoms with E-state index < -0.39 is 0 Å². The number of rotatable bonds is 6. The molecule has 5 heteroatoms. The van der Waals surface area contributed by atoms with E-state index in [4.69, 9.17) is 0 Å². The Morgan fingerprint density at radius 1 is 1.32 bits per heavy atom. The third-order valence-corrected chi connectivity index (χ3v) is 4.78. The van der Waals surface area contributed by atoms with Crippen molar-refractivity contribution in [3.05, 3.63) is 11.9 Å². The lowest BCUT2D eigenvalue weighted by Gasteiger charge is -2.17. The minimum absolute atomic E-state index is 0.560. The molecule has 4 nitrogen and oxygen atoms in total. The number of nitrogens with one attached hydrogen (secondary N) is 2. The lowest BCUT2D eigenvalue weighted by atomic mass is 10.2. The Labute approximate surface area is 120 Å². The molecule has 0 radical (unpaired) electrons. The minimum Gasteiger partial charge on any atom is -0.370 e. The third-order valence-electron chi connectivity index (χ3n) is 3.69. The van der Waals surface area contributed by atoms with Crippen molar-refractivity contribution in [1.82, 2.24) is 9.97 Å². The zero-order chi connectivity index (χ0) is 13.7. The van der Waals surface area contributed by atoms with Gasteiger partial charge in [-0.2, -0.15) is 11.8 Å². The molecule has 1 aliphatic carbocycles. The molecule has 1 fully saturated rings. The molecule has 1 aromatic heterocycles. The molecule has 0 aliphatic heterocycles. The SMILES string of the molecule is CCCNc1ncnc(NC2CCC(SC)C2)c1C. The minimum atomic E-state index is 0.560. The van der Waals surface area contributed by atoms with Gasteiger partial charge in [-0.1, -0.05) is 6.92 Å². The summed E-state index contributed by atoms with van der Waals surface area (Å²) in [6.45, 7) is 5.19. The van der Waals surface area contributed by atoms with E-state index in [0.717, 1.165) is 35.4 Å². The number of thioether (sulfide) groups is 1. The first kappa shape index (κ1) is 14.4. The molecule has 2 rings (SSSR count). The lowest BCUT2D eigenvalue weighted by molar-refractivity contribution is 0.749. The number of hydrogen-bond donors (Lipinski definition) is 2. The molecule has 2 unspecified atom stereocenters. The zero-order valence-corrected chi connectivity index (χ0v) is 12.9. The van der Waals surface area contributed by atoms with Crippen LogP contribution in [0.15, 0.2) is 6.33 Å². The molecule has 2 atom stereocenters. The molecule has 0 aromatic carbocycles. The molecule has 106 valence electrons. The first-order valence-electron chi connectivity index (χ1n) is 7.09. The van der Waals surface area contributed by atoms with Crippen LogP contribution in [0.5, 0.6) is 0 Å². The van der Waals surface area contributed by atoms with Gasteiger partial charge in [-0.3, -0.25) is 0 Å². The highest BCUT2D eigenvalue weighted by Crippen LogP contribution is 2.31. The first-order valence-corrected chi connectivity index (χ1v) is 8.38. The van der Waals surface area contributed by atoms with Crippen molar-refractivity contribution in [2.75, 3.05) is 23.4 Å². The molecular weight excluding hydrogens is 256 g/mol. The molecule has 0 amide bonds. The van der Waals surface area contributed by atoms with Crippen LogP contribution in [0.2, 0.25) is 0 Å². The summed E-state index contributed by atoms with van der Waals surface area (Å²) in [6, 6.07) is 0.560. The second kappa shape index (κ2) is 6.98. The molecule has 0 bridgehead atoms. The Morgan fingerprint density at radius 3 is 2.79 bits per heavy atom. The van der Waals surface area contributed by atoms with Gasteiger partial charge in [0.2, 0.25) is 0 Å². The summed E-state index contributed by atoms with van der Waals surface area (Å²) in [6.07, 6.45) is 8.74.